The predicted octanol–water partition coefficient (Wildman–Crippen LogP) is 4.39. The van der Waals surface area contributed by atoms with Crippen LogP contribution in [0.2, 0.25) is 5.02 Å². The molecule has 234 valence electrons. The lowest BCUT2D eigenvalue weighted by molar-refractivity contribution is -0.136. The molecule has 5 rings (SSSR count). The van der Waals surface area contributed by atoms with Gasteiger partial charge in [0, 0.05) is 48.8 Å². The van der Waals surface area contributed by atoms with Gasteiger partial charge in [-0.3, -0.25) is 19.1 Å². The van der Waals surface area contributed by atoms with Gasteiger partial charge in [0.1, 0.15) is 22.9 Å². The number of piperazine rings is 1. The first kappa shape index (κ1) is 31.5. The van der Waals surface area contributed by atoms with E-state index in [0.29, 0.717) is 22.5 Å². The Morgan fingerprint density at radius 3 is 2.70 bits per heavy atom. The molecule has 0 saturated carbocycles. The second kappa shape index (κ2) is 12.6. The topological polar surface area (TPSA) is 135 Å². The van der Waals surface area contributed by atoms with Crippen LogP contribution in [-0.2, 0) is 21.1 Å². The Morgan fingerprint density at radius 1 is 1.30 bits per heavy atom. The first-order chi connectivity index (χ1) is 21.0. The third-order valence-corrected chi connectivity index (χ3v) is 8.40. The number of fused-ring (bicyclic) bond motifs is 2. The number of carbonyl (C=O) groups excluding carboxylic acids is 1. The van der Waals surface area contributed by atoms with Crippen molar-refractivity contribution in [2.24, 2.45) is 16.1 Å². The lowest BCUT2D eigenvalue weighted by Gasteiger charge is -2.45. The number of azo groups is 1. The molecular formula is C28H30ClF2N7O5S. The number of allylic oxidation sites excluding steroid dienone is 1. The molecule has 3 aliphatic rings. The molecule has 0 amide bonds. The Labute approximate surface area is 261 Å². The van der Waals surface area contributed by atoms with Crippen LogP contribution in [0.15, 0.2) is 63.6 Å². The molecule has 3 heterocycles. The summed E-state index contributed by atoms with van der Waals surface area (Å²) in [7, 11) is 1.37. The number of carbonyl (C=O) groups is 2. The van der Waals surface area contributed by atoms with Crippen LogP contribution >= 0.6 is 23.8 Å². The number of aromatic hydroxyl groups is 1. The van der Waals surface area contributed by atoms with Crippen LogP contribution in [0.25, 0.3) is 10.9 Å². The number of hydrogen-bond acceptors (Lipinski definition) is 9. The van der Waals surface area contributed by atoms with Gasteiger partial charge >= 0.3 is 5.97 Å². The van der Waals surface area contributed by atoms with Crippen molar-refractivity contribution in [3.63, 3.8) is 0 Å². The molecule has 3 atom stereocenters. The quantitative estimate of drug-likeness (QED) is 0.172. The molecule has 2 aliphatic heterocycles. The minimum absolute atomic E-state index is 0.0468. The van der Waals surface area contributed by atoms with E-state index in [-0.39, 0.29) is 54.7 Å². The van der Waals surface area contributed by atoms with Gasteiger partial charge in [0.15, 0.2) is 11.5 Å². The Hall–Kier alpha value is -3.92. The highest BCUT2D eigenvalue weighted by atomic mass is 35.5. The molecular weight excluding hydrogens is 620 g/mol. The van der Waals surface area contributed by atoms with Crippen LogP contribution in [-0.4, -0.2) is 91.7 Å². The molecule has 1 aromatic carbocycles. The van der Waals surface area contributed by atoms with Gasteiger partial charge in [0.05, 0.1) is 31.3 Å². The van der Waals surface area contributed by atoms with E-state index in [1.807, 2.05) is 11.8 Å². The van der Waals surface area contributed by atoms with Crippen molar-refractivity contribution >= 4 is 57.3 Å². The number of likely N-dealkylation sites (N-methyl/N-ethyl adjacent to an activating group) is 1. The van der Waals surface area contributed by atoms with Gasteiger partial charge in [-0.05, 0) is 50.3 Å². The minimum Gasteiger partial charge on any atom is -0.493 e. The van der Waals surface area contributed by atoms with Crippen LogP contribution in [0, 0.1) is 5.92 Å². The molecule has 3 unspecified atom stereocenters. The average molecular weight is 650 g/mol. The molecule has 0 spiro atoms. The molecule has 12 nitrogen and oxygen atoms in total. The fraction of sp³-hybridized carbons (Fsp3) is 0.393. The van der Waals surface area contributed by atoms with Gasteiger partial charge in [-0.2, -0.15) is 0 Å². The lowest BCUT2D eigenvalue weighted by atomic mass is 9.82. The van der Waals surface area contributed by atoms with Gasteiger partial charge < -0.3 is 20.0 Å². The Morgan fingerprint density at radius 2 is 2.05 bits per heavy atom. The monoisotopic (exact) mass is 649 g/mol. The van der Waals surface area contributed by atoms with Crippen molar-refractivity contribution < 1.29 is 33.4 Å². The standard InChI is InChI=1S/C28H30ClF2N7O5S/c1-4-35-12-18(27(41)42)25(39)17-10-19(30)24(21(31)23(17)35)36-7-8-37(14(2)11-36)13-38-20-6-5-15(29)9-16(20)22(26(38)40)32-33-28(44)34-43-3/h5-6,9-10,12,14,17,23,40H,4,7-8,11,13H2,1-3H3,(H,34,44)(H,41,42). The minimum atomic E-state index is -1.44. The van der Waals surface area contributed by atoms with Crippen LogP contribution in [0.3, 0.4) is 0 Å². The molecule has 1 saturated heterocycles. The van der Waals surface area contributed by atoms with Crippen molar-refractivity contribution in [2.75, 3.05) is 33.3 Å². The van der Waals surface area contributed by atoms with Crippen LogP contribution in [0.4, 0.5) is 14.5 Å². The van der Waals surface area contributed by atoms with E-state index >= 15 is 8.78 Å². The number of nitrogens with zero attached hydrogens (tertiary/aromatic N) is 6. The van der Waals surface area contributed by atoms with Gasteiger partial charge in [0.25, 0.3) is 0 Å². The maximum Gasteiger partial charge on any atom is 0.340 e. The molecule has 1 fully saturated rings. The van der Waals surface area contributed by atoms with Gasteiger partial charge in [-0.25, -0.2) is 19.1 Å². The Kier molecular flexibility index (Phi) is 9.02. The zero-order chi connectivity index (χ0) is 31.9. The average Bonchev–Trinajstić information content (AvgIpc) is 3.22. The number of aliphatic carboxylic acids is 1. The number of carboxylic acids is 1. The third kappa shape index (κ3) is 5.67. The first-order valence-electron chi connectivity index (χ1n) is 13.7. The molecule has 2 aromatic rings. The highest BCUT2D eigenvalue weighted by Gasteiger charge is 2.46. The highest BCUT2D eigenvalue weighted by Crippen LogP contribution is 2.42. The predicted molar refractivity (Wildman–Crippen MR) is 161 cm³/mol. The number of aromatic nitrogens is 1. The second-order valence-electron chi connectivity index (χ2n) is 10.5. The zero-order valence-corrected chi connectivity index (χ0v) is 25.6. The third-order valence-electron chi connectivity index (χ3n) is 8.00. The summed E-state index contributed by atoms with van der Waals surface area (Å²) in [5.74, 6) is -5.43. The lowest BCUT2D eigenvalue weighted by Crippen LogP contribution is -2.53. The van der Waals surface area contributed by atoms with Gasteiger partial charge in [0.2, 0.25) is 11.0 Å². The van der Waals surface area contributed by atoms with Crippen molar-refractivity contribution in [1.82, 2.24) is 24.7 Å². The van der Waals surface area contributed by atoms with Gasteiger partial charge in [-0.15, -0.1) is 10.2 Å². The second-order valence-corrected chi connectivity index (χ2v) is 11.4. The van der Waals surface area contributed by atoms with Crippen LogP contribution in [0.1, 0.15) is 13.8 Å². The number of nitrogens with one attached hydrogen (secondary N) is 1. The number of Topliss-reactive ketones (excluding diaryl/α,β-unsaturated/α-hetero) is 1. The summed E-state index contributed by atoms with van der Waals surface area (Å²) < 4.78 is 33.2. The van der Waals surface area contributed by atoms with Crippen molar-refractivity contribution in [2.45, 2.75) is 32.6 Å². The van der Waals surface area contributed by atoms with Crippen molar-refractivity contribution in [3.05, 3.63) is 58.4 Å². The molecule has 0 radical (unpaired) electrons. The summed E-state index contributed by atoms with van der Waals surface area (Å²) in [5.41, 5.74) is 2.44. The summed E-state index contributed by atoms with van der Waals surface area (Å²) in [6, 6.07) is 3.73. The van der Waals surface area contributed by atoms with E-state index in [1.54, 1.807) is 34.6 Å². The smallest absolute Gasteiger partial charge is 0.340 e. The Balaban J connectivity index is 1.39. The fourth-order valence-electron chi connectivity index (χ4n) is 5.88. The van der Waals surface area contributed by atoms with Crippen molar-refractivity contribution in [3.8, 4) is 5.88 Å². The van der Waals surface area contributed by atoms with E-state index in [9.17, 15) is 19.8 Å². The van der Waals surface area contributed by atoms with E-state index in [0.717, 1.165) is 12.3 Å². The summed E-state index contributed by atoms with van der Waals surface area (Å²) >= 11 is 11.2. The molecule has 0 bridgehead atoms. The normalized spacial score (nSPS) is 22.9. The van der Waals surface area contributed by atoms with E-state index in [4.69, 9.17) is 28.7 Å². The maximum atomic E-state index is 16.1. The molecule has 1 aromatic heterocycles. The zero-order valence-electron chi connectivity index (χ0n) is 24.0. The maximum absolute atomic E-state index is 16.1. The number of thiocarbonyl (C=S) groups is 1. The first-order valence-corrected chi connectivity index (χ1v) is 14.5. The SMILES string of the molecule is CCN1C=C(C(=O)O)C(=O)C2C=C(F)C(N3CCN(Cn4c(O)c(N=NC(=S)NOC)c5cc(Cl)ccc54)C(C)C3)=C(F)C21. The highest BCUT2D eigenvalue weighted by molar-refractivity contribution is 7.80. The molecule has 44 heavy (non-hydrogen) atoms. The Bertz CT molecular complexity index is 1660. The van der Waals surface area contributed by atoms with E-state index in [1.165, 1.54) is 12.0 Å². The number of benzene rings is 1. The van der Waals surface area contributed by atoms with E-state index in [2.05, 4.69) is 15.7 Å². The number of ketones is 1. The number of halogens is 3. The number of carboxylic acid groups (broad SMARTS) is 1. The summed E-state index contributed by atoms with van der Waals surface area (Å²) in [4.78, 5) is 34.2. The molecule has 16 heteroatoms. The van der Waals surface area contributed by atoms with Crippen molar-refractivity contribution in [1.29, 1.82) is 0 Å². The number of rotatable bonds is 7. The summed E-state index contributed by atoms with van der Waals surface area (Å²) in [6.45, 7) is 4.92. The molecule has 1 aliphatic carbocycles. The largest absolute Gasteiger partial charge is 0.493 e. The number of hydroxylamine groups is 1. The van der Waals surface area contributed by atoms with Crippen LogP contribution < -0.4 is 5.48 Å². The summed E-state index contributed by atoms with van der Waals surface area (Å²) in [6.07, 6.45) is 2.16. The number of hydrogen-bond donors (Lipinski definition) is 3. The molecule has 3 N–H and O–H groups in total. The van der Waals surface area contributed by atoms with Crippen LogP contribution in [0.5, 0.6) is 5.88 Å². The fourth-order valence-corrected chi connectivity index (χ4v) is 6.18. The van der Waals surface area contributed by atoms with Gasteiger partial charge in [-0.1, -0.05) is 11.6 Å². The summed E-state index contributed by atoms with van der Waals surface area (Å²) in [5, 5.41) is 29.5. The van der Waals surface area contributed by atoms with E-state index < -0.39 is 40.9 Å².